The number of aromatic nitrogens is 1. The number of nitrogens with two attached hydrogens (primary N) is 1. The van der Waals surface area contributed by atoms with Crippen LogP contribution in [0.4, 0.5) is 5.82 Å². The summed E-state index contributed by atoms with van der Waals surface area (Å²) in [5.41, 5.74) is 5.63. The second kappa shape index (κ2) is 6.36. The van der Waals surface area contributed by atoms with E-state index in [1.807, 2.05) is 12.3 Å². The van der Waals surface area contributed by atoms with Crippen LogP contribution < -0.4 is 10.6 Å². The monoisotopic (exact) mass is 297 g/mol. The van der Waals surface area contributed by atoms with Crippen LogP contribution in [-0.2, 0) is 0 Å². The van der Waals surface area contributed by atoms with Gasteiger partial charge in [-0.15, -0.1) is 0 Å². The molecular formula is C13H20BrN3. The van der Waals surface area contributed by atoms with E-state index < -0.39 is 0 Å². The van der Waals surface area contributed by atoms with Crippen LogP contribution in [0.15, 0.2) is 22.8 Å². The Hall–Kier alpha value is -0.610. The number of nitrogens with zero attached hydrogens (tertiary/aromatic N) is 2. The SMILES string of the molecule is NCCCN(c1ncccc1Br)C1CCCC1. The summed E-state index contributed by atoms with van der Waals surface area (Å²) in [5.74, 6) is 1.08. The largest absolute Gasteiger partial charge is 0.353 e. The standard InChI is InChI=1S/C13H20BrN3/c14-12-7-3-9-16-13(12)17(10-4-8-15)11-5-1-2-6-11/h3,7,9,11H,1-2,4-6,8,10,15H2. The highest BCUT2D eigenvalue weighted by Gasteiger charge is 2.24. The third-order valence-electron chi connectivity index (χ3n) is 3.38. The molecular weight excluding hydrogens is 278 g/mol. The minimum absolute atomic E-state index is 0.646. The molecule has 0 saturated heterocycles. The maximum atomic E-state index is 5.63. The summed E-state index contributed by atoms with van der Waals surface area (Å²) in [6.07, 6.45) is 8.15. The molecule has 0 amide bonds. The molecule has 3 nitrogen and oxygen atoms in total. The van der Waals surface area contributed by atoms with Crippen molar-refractivity contribution in [3.63, 3.8) is 0 Å². The minimum Gasteiger partial charge on any atom is -0.353 e. The highest BCUT2D eigenvalue weighted by atomic mass is 79.9. The van der Waals surface area contributed by atoms with Gasteiger partial charge in [-0.1, -0.05) is 12.8 Å². The maximum Gasteiger partial charge on any atom is 0.143 e. The summed E-state index contributed by atoms with van der Waals surface area (Å²) in [6.45, 7) is 1.75. The Morgan fingerprint density at radius 3 is 2.82 bits per heavy atom. The Bertz CT molecular complexity index is 350. The molecule has 1 saturated carbocycles. The second-order valence-corrected chi connectivity index (χ2v) is 5.44. The van der Waals surface area contributed by atoms with Crippen molar-refractivity contribution in [3.05, 3.63) is 22.8 Å². The highest BCUT2D eigenvalue weighted by molar-refractivity contribution is 9.10. The van der Waals surface area contributed by atoms with Gasteiger partial charge in [0.25, 0.3) is 0 Å². The number of rotatable bonds is 5. The van der Waals surface area contributed by atoms with E-state index in [9.17, 15) is 0 Å². The zero-order valence-electron chi connectivity index (χ0n) is 10.1. The number of hydrogen-bond acceptors (Lipinski definition) is 3. The lowest BCUT2D eigenvalue weighted by molar-refractivity contribution is 0.586. The lowest BCUT2D eigenvalue weighted by Crippen LogP contribution is -2.36. The minimum atomic E-state index is 0.646. The highest BCUT2D eigenvalue weighted by Crippen LogP contribution is 2.31. The van der Waals surface area contributed by atoms with E-state index in [4.69, 9.17) is 5.73 Å². The van der Waals surface area contributed by atoms with E-state index in [2.05, 4.69) is 31.9 Å². The van der Waals surface area contributed by atoms with E-state index in [0.717, 1.165) is 29.8 Å². The first-order chi connectivity index (χ1) is 8.33. The van der Waals surface area contributed by atoms with Crippen LogP contribution in [0.1, 0.15) is 32.1 Å². The second-order valence-electron chi connectivity index (χ2n) is 4.58. The molecule has 0 spiro atoms. The van der Waals surface area contributed by atoms with Gasteiger partial charge in [0, 0.05) is 18.8 Å². The fraction of sp³-hybridized carbons (Fsp3) is 0.615. The van der Waals surface area contributed by atoms with Crippen molar-refractivity contribution in [1.29, 1.82) is 0 Å². The third-order valence-corrected chi connectivity index (χ3v) is 4.00. The van der Waals surface area contributed by atoms with Crippen LogP contribution in [0.5, 0.6) is 0 Å². The molecule has 1 aliphatic rings. The molecule has 1 heterocycles. The molecule has 4 heteroatoms. The van der Waals surface area contributed by atoms with Gasteiger partial charge in [-0.25, -0.2) is 4.98 Å². The first kappa shape index (κ1) is 12.8. The molecule has 0 radical (unpaired) electrons. The van der Waals surface area contributed by atoms with E-state index in [1.165, 1.54) is 25.7 Å². The van der Waals surface area contributed by atoms with Gasteiger partial charge < -0.3 is 10.6 Å². The Morgan fingerprint density at radius 1 is 1.41 bits per heavy atom. The Balaban J connectivity index is 2.16. The summed E-state index contributed by atoms with van der Waals surface area (Å²) in [7, 11) is 0. The maximum absolute atomic E-state index is 5.63. The van der Waals surface area contributed by atoms with Gasteiger partial charge in [0.15, 0.2) is 0 Å². The quantitative estimate of drug-likeness (QED) is 0.909. The van der Waals surface area contributed by atoms with Crippen molar-refractivity contribution in [1.82, 2.24) is 4.98 Å². The van der Waals surface area contributed by atoms with Gasteiger partial charge >= 0.3 is 0 Å². The Morgan fingerprint density at radius 2 is 2.18 bits per heavy atom. The molecule has 2 N–H and O–H groups in total. The molecule has 0 bridgehead atoms. The van der Waals surface area contributed by atoms with Gasteiger partial charge in [-0.2, -0.15) is 0 Å². The smallest absolute Gasteiger partial charge is 0.143 e. The van der Waals surface area contributed by atoms with Crippen molar-refractivity contribution < 1.29 is 0 Å². The van der Waals surface area contributed by atoms with Gasteiger partial charge in [-0.3, -0.25) is 0 Å². The van der Waals surface area contributed by atoms with E-state index >= 15 is 0 Å². The van der Waals surface area contributed by atoms with Gasteiger partial charge in [0.2, 0.25) is 0 Å². The van der Waals surface area contributed by atoms with Crippen LogP contribution in [0.25, 0.3) is 0 Å². The van der Waals surface area contributed by atoms with Crippen LogP contribution in [0.3, 0.4) is 0 Å². The average Bonchev–Trinajstić information content (AvgIpc) is 2.85. The van der Waals surface area contributed by atoms with Crippen molar-refractivity contribution in [2.45, 2.75) is 38.1 Å². The average molecular weight is 298 g/mol. The van der Waals surface area contributed by atoms with Gasteiger partial charge in [-0.05, 0) is 53.9 Å². The summed E-state index contributed by atoms with van der Waals surface area (Å²) >= 11 is 3.60. The summed E-state index contributed by atoms with van der Waals surface area (Å²) in [6, 6.07) is 4.67. The first-order valence-corrected chi connectivity index (χ1v) is 7.19. The molecule has 0 aromatic carbocycles. The Kier molecular flexibility index (Phi) is 4.80. The topological polar surface area (TPSA) is 42.1 Å². The predicted octanol–water partition coefficient (Wildman–Crippen LogP) is 2.94. The lowest BCUT2D eigenvalue weighted by atomic mass is 10.2. The number of pyridine rings is 1. The molecule has 1 fully saturated rings. The van der Waals surface area contributed by atoms with E-state index in [0.29, 0.717) is 6.04 Å². The lowest BCUT2D eigenvalue weighted by Gasteiger charge is -2.30. The zero-order valence-corrected chi connectivity index (χ0v) is 11.7. The van der Waals surface area contributed by atoms with Crippen LogP contribution in [-0.4, -0.2) is 24.1 Å². The molecule has 0 aliphatic heterocycles. The van der Waals surface area contributed by atoms with E-state index in [1.54, 1.807) is 0 Å². The fourth-order valence-corrected chi connectivity index (χ4v) is 3.01. The van der Waals surface area contributed by atoms with Crippen LogP contribution >= 0.6 is 15.9 Å². The number of anilines is 1. The van der Waals surface area contributed by atoms with Gasteiger partial charge in [0.05, 0.1) is 4.47 Å². The molecule has 1 aromatic rings. The zero-order chi connectivity index (χ0) is 12.1. The van der Waals surface area contributed by atoms with E-state index in [-0.39, 0.29) is 0 Å². The third kappa shape index (κ3) is 3.19. The molecule has 17 heavy (non-hydrogen) atoms. The normalized spacial score (nSPS) is 16.4. The molecule has 0 atom stereocenters. The van der Waals surface area contributed by atoms with Crippen molar-refractivity contribution in [3.8, 4) is 0 Å². The molecule has 1 aromatic heterocycles. The Labute approximate surface area is 112 Å². The number of hydrogen-bond donors (Lipinski definition) is 1. The molecule has 94 valence electrons. The first-order valence-electron chi connectivity index (χ1n) is 6.40. The summed E-state index contributed by atoms with van der Waals surface area (Å²) in [5, 5.41) is 0. The molecule has 0 unspecified atom stereocenters. The summed E-state index contributed by atoms with van der Waals surface area (Å²) in [4.78, 5) is 6.95. The van der Waals surface area contributed by atoms with Crippen LogP contribution in [0.2, 0.25) is 0 Å². The van der Waals surface area contributed by atoms with Crippen molar-refractivity contribution in [2.24, 2.45) is 5.73 Å². The number of halogens is 1. The van der Waals surface area contributed by atoms with Crippen molar-refractivity contribution in [2.75, 3.05) is 18.0 Å². The van der Waals surface area contributed by atoms with Gasteiger partial charge in [0.1, 0.15) is 5.82 Å². The summed E-state index contributed by atoms with van der Waals surface area (Å²) < 4.78 is 1.09. The predicted molar refractivity (Wildman–Crippen MR) is 75.2 cm³/mol. The van der Waals surface area contributed by atoms with Crippen molar-refractivity contribution >= 4 is 21.7 Å². The molecule has 1 aliphatic carbocycles. The fourth-order valence-electron chi connectivity index (χ4n) is 2.53. The van der Waals surface area contributed by atoms with Crippen LogP contribution in [0, 0.1) is 0 Å². The molecule has 2 rings (SSSR count).